The van der Waals surface area contributed by atoms with Gasteiger partial charge < -0.3 is 14.8 Å². The minimum absolute atomic E-state index is 0.0286. The van der Waals surface area contributed by atoms with Crippen molar-refractivity contribution in [1.29, 1.82) is 0 Å². The summed E-state index contributed by atoms with van der Waals surface area (Å²) in [5.74, 6) is -0.537. The third-order valence-electron chi connectivity index (χ3n) is 4.37. The predicted octanol–water partition coefficient (Wildman–Crippen LogP) is 2.13. The smallest absolute Gasteiger partial charge is 0.228 e. The molecule has 2 aromatic rings. The van der Waals surface area contributed by atoms with Crippen molar-refractivity contribution in [2.45, 2.75) is 19.9 Å². The maximum absolute atomic E-state index is 13.2. The van der Waals surface area contributed by atoms with Crippen molar-refractivity contribution < 1.29 is 14.0 Å². The number of hydrogen-bond acceptors (Lipinski definition) is 2. The molecule has 0 radical (unpaired) electrons. The molecule has 1 aromatic carbocycles. The molecule has 122 valence electrons. The number of nitrogens with zero attached hydrogens (tertiary/aromatic N) is 2. The van der Waals surface area contributed by atoms with E-state index >= 15 is 0 Å². The molecule has 1 unspecified atom stereocenters. The number of halogens is 1. The molecule has 1 fully saturated rings. The molecule has 2 heterocycles. The second-order valence-corrected chi connectivity index (χ2v) is 6.05. The van der Waals surface area contributed by atoms with Crippen LogP contribution in [0.1, 0.15) is 19.0 Å². The van der Waals surface area contributed by atoms with Gasteiger partial charge in [-0.25, -0.2) is 4.39 Å². The molecular weight excluding hydrogens is 297 g/mol. The Morgan fingerprint density at radius 1 is 1.43 bits per heavy atom. The normalized spacial score (nSPS) is 18.0. The summed E-state index contributed by atoms with van der Waals surface area (Å²) in [4.78, 5) is 30.8. The van der Waals surface area contributed by atoms with E-state index in [1.54, 1.807) is 22.9 Å². The van der Waals surface area contributed by atoms with Gasteiger partial charge in [-0.2, -0.15) is 0 Å². The van der Waals surface area contributed by atoms with Gasteiger partial charge in [0.1, 0.15) is 5.82 Å². The quantitative estimate of drug-likeness (QED) is 0.939. The average Bonchev–Trinajstić information content (AvgIpc) is 3.08. The van der Waals surface area contributed by atoms with Crippen LogP contribution in [0.3, 0.4) is 0 Å². The standard InChI is InChI=1S/C17H20FN3O2/c1-3-21-9-12(8-16(21)22)17(23)20(2)10-14-7-11-6-13(18)4-5-15(11)19-14/h4-7,12,19H,3,8-10H2,1-2H3. The second-order valence-electron chi connectivity index (χ2n) is 6.05. The van der Waals surface area contributed by atoms with E-state index in [0.29, 0.717) is 19.6 Å². The highest BCUT2D eigenvalue weighted by molar-refractivity contribution is 5.89. The van der Waals surface area contributed by atoms with Crippen LogP contribution in [0.2, 0.25) is 0 Å². The lowest BCUT2D eigenvalue weighted by atomic mass is 10.1. The number of carbonyl (C=O) groups is 2. The van der Waals surface area contributed by atoms with Crippen molar-refractivity contribution in [3.05, 3.63) is 35.8 Å². The Kier molecular flexibility index (Phi) is 4.07. The molecule has 0 spiro atoms. The summed E-state index contributed by atoms with van der Waals surface area (Å²) in [6, 6.07) is 6.40. The molecule has 0 bridgehead atoms. The van der Waals surface area contributed by atoms with Crippen LogP contribution in [0.5, 0.6) is 0 Å². The third-order valence-corrected chi connectivity index (χ3v) is 4.37. The number of amides is 2. The molecule has 1 aromatic heterocycles. The zero-order valence-corrected chi connectivity index (χ0v) is 13.3. The monoisotopic (exact) mass is 317 g/mol. The van der Waals surface area contributed by atoms with E-state index in [-0.39, 0.29) is 30.0 Å². The van der Waals surface area contributed by atoms with Crippen molar-refractivity contribution in [1.82, 2.24) is 14.8 Å². The van der Waals surface area contributed by atoms with Crippen LogP contribution in [0.25, 0.3) is 10.9 Å². The molecule has 2 amide bonds. The minimum Gasteiger partial charge on any atom is -0.357 e. The predicted molar refractivity (Wildman–Crippen MR) is 85.1 cm³/mol. The number of fused-ring (bicyclic) bond motifs is 1. The molecule has 1 atom stereocenters. The highest BCUT2D eigenvalue weighted by Crippen LogP contribution is 2.21. The largest absolute Gasteiger partial charge is 0.357 e. The number of carbonyl (C=O) groups excluding carboxylic acids is 2. The van der Waals surface area contributed by atoms with Crippen LogP contribution >= 0.6 is 0 Å². The molecule has 1 saturated heterocycles. The number of hydrogen-bond donors (Lipinski definition) is 1. The van der Waals surface area contributed by atoms with E-state index in [1.165, 1.54) is 12.1 Å². The first kappa shape index (κ1) is 15.5. The van der Waals surface area contributed by atoms with Gasteiger partial charge in [0.05, 0.1) is 12.5 Å². The Hall–Kier alpha value is -2.37. The molecular formula is C17H20FN3O2. The van der Waals surface area contributed by atoms with Crippen LogP contribution in [0, 0.1) is 11.7 Å². The van der Waals surface area contributed by atoms with Gasteiger partial charge in [0.15, 0.2) is 0 Å². The van der Waals surface area contributed by atoms with Crippen molar-refractivity contribution in [2.75, 3.05) is 20.1 Å². The highest BCUT2D eigenvalue weighted by Gasteiger charge is 2.34. The molecule has 0 saturated carbocycles. The molecule has 5 nitrogen and oxygen atoms in total. The summed E-state index contributed by atoms with van der Waals surface area (Å²) in [5.41, 5.74) is 1.69. The Morgan fingerprint density at radius 3 is 2.91 bits per heavy atom. The van der Waals surface area contributed by atoms with E-state index in [4.69, 9.17) is 0 Å². The second kappa shape index (κ2) is 6.02. The number of aromatic nitrogens is 1. The lowest BCUT2D eigenvalue weighted by molar-refractivity contribution is -0.135. The van der Waals surface area contributed by atoms with E-state index in [1.807, 2.05) is 13.0 Å². The Balaban J connectivity index is 1.69. The van der Waals surface area contributed by atoms with E-state index in [2.05, 4.69) is 4.98 Å². The zero-order valence-electron chi connectivity index (χ0n) is 13.3. The molecule has 1 N–H and O–H groups in total. The molecule has 3 rings (SSSR count). The van der Waals surface area contributed by atoms with Crippen molar-refractivity contribution in [3.63, 3.8) is 0 Å². The topological polar surface area (TPSA) is 56.4 Å². The van der Waals surface area contributed by atoms with Gasteiger partial charge in [-0.05, 0) is 31.2 Å². The number of rotatable bonds is 4. The average molecular weight is 317 g/mol. The van der Waals surface area contributed by atoms with Crippen LogP contribution in [-0.4, -0.2) is 46.7 Å². The summed E-state index contributed by atoms with van der Waals surface area (Å²) in [5, 5.41) is 0.786. The third kappa shape index (κ3) is 3.06. The molecule has 0 aliphatic carbocycles. The fraction of sp³-hybridized carbons (Fsp3) is 0.412. The van der Waals surface area contributed by atoms with Crippen LogP contribution < -0.4 is 0 Å². The number of aromatic amines is 1. The zero-order chi connectivity index (χ0) is 16.6. The maximum atomic E-state index is 13.2. The van der Waals surface area contributed by atoms with Gasteiger partial charge in [-0.1, -0.05) is 0 Å². The fourth-order valence-corrected chi connectivity index (χ4v) is 3.14. The van der Waals surface area contributed by atoms with Gasteiger partial charge in [0.25, 0.3) is 0 Å². The lowest BCUT2D eigenvalue weighted by Crippen LogP contribution is -2.34. The van der Waals surface area contributed by atoms with Crippen LogP contribution in [-0.2, 0) is 16.1 Å². The van der Waals surface area contributed by atoms with Gasteiger partial charge in [-0.3, -0.25) is 9.59 Å². The van der Waals surface area contributed by atoms with Crippen molar-refractivity contribution in [3.8, 4) is 0 Å². The summed E-state index contributed by atoms with van der Waals surface area (Å²) in [6.07, 6.45) is 0.287. The summed E-state index contributed by atoms with van der Waals surface area (Å²) < 4.78 is 13.2. The van der Waals surface area contributed by atoms with Crippen LogP contribution in [0.15, 0.2) is 24.3 Å². The summed E-state index contributed by atoms with van der Waals surface area (Å²) in [6.45, 7) is 3.46. The number of nitrogens with one attached hydrogen (secondary N) is 1. The first-order valence-electron chi connectivity index (χ1n) is 7.78. The SMILES string of the molecule is CCN1CC(C(=O)N(C)Cc2cc3cc(F)ccc3[nH]2)CC1=O. The van der Waals surface area contributed by atoms with E-state index in [0.717, 1.165) is 16.6 Å². The van der Waals surface area contributed by atoms with E-state index in [9.17, 15) is 14.0 Å². The molecule has 6 heteroatoms. The van der Waals surface area contributed by atoms with Gasteiger partial charge >= 0.3 is 0 Å². The Bertz CT molecular complexity index is 755. The minimum atomic E-state index is -0.281. The maximum Gasteiger partial charge on any atom is 0.228 e. The van der Waals surface area contributed by atoms with Gasteiger partial charge in [0, 0.05) is 43.2 Å². The summed E-state index contributed by atoms with van der Waals surface area (Å²) >= 11 is 0. The first-order chi connectivity index (χ1) is 11.0. The lowest BCUT2D eigenvalue weighted by Gasteiger charge is -2.20. The Morgan fingerprint density at radius 2 is 2.22 bits per heavy atom. The number of benzene rings is 1. The van der Waals surface area contributed by atoms with Crippen molar-refractivity contribution in [2.24, 2.45) is 5.92 Å². The number of H-pyrrole nitrogens is 1. The summed E-state index contributed by atoms with van der Waals surface area (Å²) in [7, 11) is 1.73. The van der Waals surface area contributed by atoms with Crippen LogP contribution in [0.4, 0.5) is 4.39 Å². The van der Waals surface area contributed by atoms with E-state index < -0.39 is 0 Å². The van der Waals surface area contributed by atoms with Crippen molar-refractivity contribution >= 4 is 22.7 Å². The molecule has 23 heavy (non-hydrogen) atoms. The Labute approximate surface area is 134 Å². The first-order valence-corrected chi connectivity index (χ1v) is 7.78. The van der Waals surface area contributed by atoms with Gasteiger partial charge in [-0.15, -0.1) is 0 Å². The number of likely N-dealkylation sites (tertiary alicyclic amines) is 1. The van der Waals surface area contributed by atoms with Gasteiger partial charge in [0.2, 0.25) is 11.8 Å². The molecule has 1 aliphatic rings. The molecule has 1 aliphatic heterocycles. The highest BCUT2D eigenvalue weighted by atomic mass is 19.1. The fourth-order valence-electron chi connectivity index (χ4n) is 3.14.